The summed E-state index contributed by atoms with van der Waals surface area (Å²) in [4.78, 5) is 24.6. The molecule has 0 saturated heterocycles. The van der Waals surface area contributed by atoms with Gasteiger partial charge in [0.15, 0.2) is 6.10 Å². The number of benzene rings is 2. The van der Waals surface area contributed by atoms with Crippen molar-refractivity contribution in [2.75, 3.05) is 5.32 Å². The van der Waals surface area contributed by atoms with E-state index in [0.29, 0.717) is 22.8 Å². The molecule has 1 N–H and O–H groups in total. The minimum absolute atomic E-state index is 0.335. The highest BCUT2D eigenvalue weighted by Crippen LogP contribution is 2.23. The molecule has 1 atom stereocenters. The van der Waals surface area contributed by atoms with Gasteiger partial charge in [0.25, 0.3) is 5.91 Å². The van der Waals surface area contributed by atoms with Crippen LogP contribution in [-0.2, 0) is 9.53 Å². The maximum absolute atomic E-state index is 12.4. The molecule has 0 saturated carbocycles. The Morgan fingerprint density at radius 3 is 2.52 bits per heavy atom. The molecule has 0 aliphatic heterocycles. The molecule has 0 unspecified atom stereocenters. The maximum Gasteiger partial charge on any atom is 0.342 e. The second-order valence-corrected chi connectivity index (χ2v) is 5.89. The SMILES string of the molecule is Cc1cc(C(=O)O[C@H](C)C(=O)Nc2cccc3ccccc23)c(C)o1. The first-order chi connectivity index (χ1) is 12.0. The molecule has 0 spiro atoms. The van der Waals surface area contributed by atoms with E-state index in [-0.39, 0.29) is 5.91 Å². The van der Waals surface area contributed by atoms with Gasteiger partial charge < -0.3 is 14.5 Å². The molecule has 3 rings (SSSR count). The third-order valence-corrected chi connectivity index (χ3v) is 3.96. The topological polar surface area (TPSA) is 68.5 Å². The van der Waals surface area contributed by atoms with Crippen molar-refractivity contribution >= 4 is 28.3 Å². The summed E-state index contributed by atoms with van der Waals surface area (Å²) in [7, 11) is 0. The van der Waals surface area contributed by atoms with E-state index in [2.05, 4.69) is 5.32 Å². The molecule has 0 radical (unpaired) electrons. The predicted octanol–water partition coefficient (Wildman–Crippen LogP) is 4.23. The molecule has 3 aromatic rings. The van der Waals surface area contributed by atoms with Crippen molar-refractivity contribution in [2.24, 2.45) is 0 Å². The number of furan rings is 1. The van der Waals surface area contributed by atoms with Crippen LogP contribution >= 0.6 is 0 Å². The smallest absolute Gasteiger partial charge is 0.342 e. The Labute approximate surface area is 145 Å². The van der Waals surface area contributed by atoms with Crippen LogP contribution in [0.2, 0.25) is 0 Å². The highest BCUT2D eigenvalue weighted by Gasteiger charge is 2.22. The Kier molecular flexibility index (Phi) is 4.57. The number of carbonyl (C=O) groups is 2. The molecule has 0 aliphatic rings. The van der Waals surface area contributed by atoms with Crippen LogP contribution in [0, 0.1) is 13.8 Å². The van der Waals surface area contributed by atoms with Crippen molar-refractivity contribution in [3.8, 4) is 0 Å². The first-order valence-electron chi connectivity index (χ1n) is 8.02. The molecule has 1 heterocycles. The second-order valence-electron chi connectivity index (χ2n) is 5.89. The first kappa shape index (κ1) is 16.8. The van der Waals surface area contributed by atoms with Gasteiger partial charge in [-0.15, -0.1) is 0 Å². The number of aryl methyl sites for hydroxylation is 2. The lowest BCUT2D eigenvalue weighted by Crippen LogP contribution is -2.30. The van der Waals surface area contributed by atoms with Crippen LogP contribution < -0.4 is 5.32 Å². The minimum atomic E-state index is -0.930. The summed E-state index contributed by atoms with van der Waals surface area (Å²) >= 11 is 0. The average molecular weight is 337 g/mol. The minimum Gasteiger partial charge on any atom is -0.466 e. The fourth-order valence-electron chi connectivity index (χ4n) is 2.68. The van der Waals surface area contributed by atoms with Gasteiger partial charge in [-0.05, 0) is 38.3 Å². The number of ether oxygens (including phenoxy) is 1. The number of nitrogens with one attached hydrogen (secondary N) is 1. The van der Waals surface area contributed by atoms with Crippen molar-refractivity contribution < 1.29 is 18.7 Å². The van der Waals surface area contributed by atoms with Crippen molar-refractivity contribution in [1.82, 2.24) is 0 Å². The molecule has 0 fully saturated rings. The fraction of sp³-hybridized carbons (Fsp3) is 0.200. The average Bonchev–Trinajstić information content (AvgIpc) is 2.93. The van der Waals surface area contributed by atoms with E-state index in [9.17, 15) is 9.59 Å². The van der Waals surface area contributed by atoms with Crippen LogP contribution in [0.4, 0.5) is 5.69 Å². The molecule has 1 aromatic heterocycles. The lowest BCUT2D eigenvalue weighted by Gasteiger charge is -2.14. The van der Waals surface area contributed by atoms with E-state index in [4.69, 9.17) is 9.15 Å². The number of esters is 1. The van der Waals surface area contributed by atoms with Gasteiger partial charge in [0.05, 0.1) is 0 Å². The van der Waals surface area contributed by atoms with Gasteiger partial charge in [0.1, 0.15) is 17.1 Å². The molecule has 1 amide bonds. The molecule has 25 heavy (non-hydrogen) atoms. The highest BCUT2D eigenvalue weighted by atomic mass is 16.5. The summed E-state index contributed by atoms with van der Waals surface area (Å²) in [5.41, 5.74) is 1.02. The first-order valence-corrected chi connectivity index (χ1v) is 8.02. The zero-order valence-corrected chi connectivity index (χ0v) is 14.3. The van der Waals surface area contributed by atoms with Crippen LogP contribution in [0.5, 0.6) is 0 Å². The summed E-state index contributed by atoms with van der Waals surface area (Å²) in [6.45, 7) is 4.98. The summed E-state index contributed by atoms with van der Waals surface area (Å²) in [6, 6.07) is 15.0. The third kappa shape index (κ3) is 3.55. The van der Waals surface area contributed by atoms with Crippen LogP contribution in [0.25, 0.3) is 10.8 Å². The van der Waals surface area contributed by atoms with Crippen molar-refractivity contribution in [1.29, 1.82) is 0 Å². The zero-order valence-electron chi connectivity index (χ0n) is 14.3. The van der Waals surface area contributed by atoms with Gasteiger partial charge in [-0.1, -0.05) is 36.4 Å². The summed E-state index contributed by atoms with van der Waals surface area (Å²) in [5.74, 6) is 0.138. The molecule has 0 bridgehead atoms. The van der Waals surface area contributed by atoms with Gasteiger partial charge in [-0.25, -0.2) is 4.79 Å². The zero-order chi connectivity index (χ0) is 18.0. The number of hydrogen-bond acceptors (Lipinski definition) is 4. The van der Waals surface area contributed by atoms with Crippen LogP contribution in [0.15, 0.2) is 52.9 Å². The standard InChI is InChI=1S/C20H19NO4/c1-12-11-17(13(2)24-12)20(23)25-14(3)19(22)21-18-10-6-8-15-7-4-5-9-16(15)18/h4-11,14H,1-3H3,(H,21,22)/t14-/m1/s1. The molecule has 2 aromatic carbocycles. The van der Waals surface area contributed by atoms with Crippen molar-refractivity contribution in [3.05, 3.63) is 65.6 Å². The van der Waals surface area contributed by atoms with Crippen LogP contribution in [0.1, 0.15) is 28.8 Å². The number of anilines is 1. The van der Waals surface area contributed by atoms with E-state index in [1.54, 1.807) is 26.8 Å². The van der Waals surface area contributed by atoms with E-state index < -0.39 is 12.1 Å². The fourth-order valence-corrected chi connectivity index (χ4v) is 2.68. The van der Waals surface area contributed by atoms with Crippen LogP contribution in [0.3, 0.4) is 0 Å². The van der Waals surface area contributed by atoms with E-state index in [1.165, 1.54) is 0 Å². The Bertz CT molecular complexity index is 937. The Hall–Kier alpha value is -3.08. The molecule has 5 nitrogen and oxygen atoms in total. The van der Waals surface area contributed by atoms with Crippen molar-refractivity contribution in [3.63, 3.8) is 0 Å². The number of fused-ring (bicyclic) bond motifs is 1. The monoisotopic (exact) mass is 337 g/mol. The van der Waals surface area contributed by atoms with E-state index in [0.717, 1.165) is 10.8 Å². The van der Waals surface area contributed by atoms with Crippen LogP contribution in [-0.4, -0.2) is 18.0 Å². The largest absolute Gasteiger partial charge is 0.466 e. The Morgan fingerprint density at radius 2 is 1.80 bits per heavy atom. The third-order valence-electron chi connectivity index (χ3n) is 3.96. The van der Waals surface area contributed by atoms with Gasteiger partial charge in [0, 0.05) is 11.1 Å². The van der Waals surface area contributed by atoms with E-state index in [1.807, 2.05) is 42.5 Å². The Balaban J connectivity index is 1.72. The molecule has 128 valence electrons. The summed E-state index contributed by atoms with van der Waals surface area (Å²) in [6.07, 6.45) is -0.930. The molecular weight excluding hydrogens is 318 g/mol. The second kappa shape index (κ2) is 6.81. The number of rotatable bonds is 4. The quantitative estimate of drug-likeness (QED) is 0.723. The number of hydrogen-bond donors (Lipinski definition) is 1. The lowest BCUT2D eigenvalue weighted by molar-refractivity contribution is -0.123. The van der Waals surface area contributed by atoms with Gasteiger partial charge >= 0.3 is 5.97 Å². The lowest BCUT2D eigenvalue weighted by atomic mass is 10.1. The molecule has 5 heteroatoms. The number of carbonyl (C=O) groups excluding carboxylic acids is 2. The molecule has 0 aliphatic carbocycles. The summed E-state index contributed by atoms with van der Waals surface area (Å²) < 4.78 is 10.6. The maximum atomic E-state index is 12.4. The van der Waals surface area contributed by atoms with Crippen molar-refractivity contribution in [2.45, 2.75) is 26.9 Å². The van der Waals surface area contributed by atoms with Gasteiger partial charge in [0.2, 0.25) is 0 Å². The van der Waals surface area contributed by atoms with Gasteiger partial charge in [-0.2, -0.15) is 0 Å². The van der Waals surface area contributed by atoms with Gasteiger partial charge in [-0.3, -0.25) is 4.79 Å². The normalized spacial score (nSPS) is 12.0. The number of amides is 1. The molecular formula is C20H19NO4. The predicted molar refractivity (Wildman–Crippen MR) is 95.6 cm³/mol. The van der Waals surface area contributed by atoms with E-state index >= 15 is 0 Å². The summed E-state index contributed by atoms with van der Waals surface area (Å²) in [5, 5.41) is 4.77. The Morgan fingerprint density at radius 1 is 1.08 bits per heavy atom. The highest BCUT2D eigenvalue weighted by molar-refractivity contribution is 6.04.